The number of pyridine rings is 1. The van der Waals surface area contributed by atoms with E-state index in [9.17, 15) is 9.59 Å². The topological polar surface area (TPSA) is 112 Å². The Labute approximate surface area is 156 Å². The van der Waals surface area contributed by atoms with Crippen molar-refractivity contribution in [1.29, 1.82) is 0 Å². The third-order valence-corrected chi connectivity index (χ3v) is 4.13. The highest BCUT2D eigenvalue weighted by molar-refractivity contribution is 6.06. The van der Waals surface area contributed by atoms with Gasteiger partial charge in [0, 0.05) is 35.9 Å². The minimum absolute atomic E-state index is 0.285. The van der Waals surface area contributed by atoms with Crippen LogP contribution >= 0.6 is 0 Å². The van der Waals surface area contributed by atoms with E-state index in [1.54, 1.807) is 43.4 Å². The molecule has 4 N–H and O–H groups in total. The Kier molecular flexibility index (Phi) is 5.16. The molecule has 3 rings (SSSR count). The summed E-state index contributed by atoms with van der Waals surface area (Å²) in [6.07, 6.45) is 1.50. The summed E-state index contributed by atoms with van der Waals surface area (Å²) in [5.41, 5.74) is 3.55. The Balaban J connectivity index is 1.70. The first-order valence-corrected chi connectivity index (χ1v) is 8.36. The third kappa shape index (κ3) is 4.12. The molecule has 8 heteroatoms. The van der Waals surface area contributed by atoms with E-state index >= 15 is 0 Å². The van der Waals surface area contributed by atoms with Gasteiger partial charge < -0.3 is 16.0 Å². The molecule has 0 saturated carbocycles. The molecule has 0 saturated heterocycles. The average Bonchev–Trinajstić information content (AvgIpc) is 3.01. The number of amides is 2. The second-order valence-corrected chi connectivity index (χ2v) is 5.99. The zero-order valence-electron chi connectivity index (χ0n) is 15.3. The van der Waals surface area contributed by atoms with E-state index in [2.05, 4.69) is 31.1 Å². The molecule has 1 aromatic carbocycles. The maximum absolute atomic E-state index is 12.4. The zero-order chi connectivity index (χ0) is 19.4. The van der Waals surface area contributed by atoms with Crippen LogP contribution in [-0.4, -0.2) is 34.0 Å². The fraction of sp³-hybridized carbons (Fsp3) is 0.158. The molecular weight excluding hydrogens is 344 g/mol. The normalized spacial score (nSPS) is 10.3. The van der Waals surface area contributed by atoms with Crippen LogP contribution in [0.2, 0.25) is 0 Å². The van der Waals surface area contributed by atoms with Crippen molar-refractivity contribution >= 4 is 29.0 Å². The number of H-pyrrole nitrogens is 1. The summed E-state index contributed by atoms with van der Waals surface area (Å²) in [6, 6.07) is 10.3. The second kappa shape index (κ2) is 7.69. The Bertz CT molecular complexity index is 978. The monoisotopic (exact) mass is 364 g/mol. The van der Waals surface area contributed by atoms with E-state index in [1.165, 1.54) is 6.20 Å². The first kappa shape index (κ1) is 18.1. The lowest BCUT2D eigenvalue weighted by Gasteiger charge is -2.09. The number of hydrogen-bond donors (Lipinski definition) is 4. The molecule has 0 unspecified atom stereocenters. The lowest BCUT2D eigenvalue weighted by Crippen LogP contribution is -2.15. The molecule has 0 radical (unpaired) electrons. The Morgan fingerprint density at radius 1 is 1.00 bits per heavy atom. The highest BCUT2D eigenvalue weighted by Gasteiger charge is 2.15. The smallest absolute Gasteiger partial charge is 0.276 e. The molecule has 8 nitrogen and oxygen atoms in total. The van der Waals surface area contributed by atoms with E-state index < -0.39 is 0 Å². The molecule has 2 amide bonds. The van der Waals surface area contributed by atoms with Gasteiger partial charge in [0.15, 0.2) is 5.69 Å². The fourth-order valence-corrected chi connectivity index (χ4v) is 2.45. The van der Waals surface area contributed by atoms with Gasteiger partial charge in [-0.15, -0.1) is 0 Å². The quantitative estimate of drug-likeness (QED) is 0.556. The second-order valence-electron chi connectivity index (χ2n) is 5.99. The van der Waals surface area contributed by atoms with E-state index in [1.807, 2.05) is 13.8 Å². The van der Waals surface area contributed by atoms with Crippen LogP contribution < -0.4 is 16.0 Å². The maximum atomic E-state index is 12.4. The van der Waals surface area contributed by atoms with Crippen LogP contribution in [0.15, 0.2) is 42.6 Å². The van der Waals surface area contributed by atoms with Crippen molar-refractivity contribution in [1.82, 2.24) is 15.2 Å². The average molecular weight is 364 g/mol. The van der Waals surface area contributed by atoms with Crippen molar-refractivity contribution in [3.05, 3.63) is 65.1 Å². The minimum Gasteiger partial charge on any atom is -0.373 e. The summed E-state index contributed by atoms with van der Waals surface area (Å²) in [6.45, 7) is 3.69. The summed E-state index contributed by atoms with van der Waals surface area (Å²) >= 11 is 0. The van der Waals surface area contributed by atoms with Crippen molar-refractivity contribution in [2.75, 3.05) is 23.0 Å². The van der Waals surface area contributed by atoms with Crippen LogP contribution in [0.25, 0.3) is 0 Å². The van der Waals surface area contributed by atoms with E-state index in [4.69, 9.17) is 0 Å². The highest BCUT2D eigenvalue weighted by Crippen LogP contribution is 2.18. The lowest BCUT2D eigenvalue weighted by atomic mass is 10.2. The first-order valence-electron chi connectivity index (χ1n) is 8.36. The molecule has 2 aromatic heterocycles. The molecule has 3 aromatic rings. The molecular formula is C19H20N6O2. The van der Waals surface area contributed by atoms with Gasteiger partial charge >= 0.3 is 0 Å². The zero-order valence-corrected chi connectivity index (χ0v) is 15.3. The van der Waals surface area contributed by atoms with Crippen LogP contribution in [0.1, 0.15) is 32.1 Å². The van der Waals surface area contributed by atoms with Gasteiger partial charge in [0.05, 0.1) is 5.56 Å². The summed E-state index contributed by atoms with van der Waals surface area (Å²) in [4.78, 5) is 28.8. The number of aryl methyl sites for hydroxylation is 1. The summed E-state index contributed by atoms with van der Waals surface area (Å²) < 4.78 is 0. The minimum atomic E-state index is -0.313. The fourth-order valence-electron chi connectivity index (χ4n) is 2.45. The van der Waals surface area contributed by atoms with Gasteiger partial charge in [-0.1, -0.05) is 6.07 Å². The molecule has 138 valence electrons. The molecule has 0 spiro atoms. The molecule has 2 heterocycles. The predicted octanol–water partition coefficient (Wildman–Crippen LogP) is 2.97. The van der Waals surface area contributed by atoms with Gasteiger partial charge in [0.1, 0.15) is 5.82 Å². The van der Waals surface area contributed by atoms with Crippen LogP contribution in [0, 0.1) is 13.8 Å². The van der Waals surface area contributed by atoms with Crippen LogP contribution in [0.4, 0.5) is 17.2 Å². The Hall–Kier alpha value is -3.68. The number of anilines is 3. The Morgan fingerprint density at radius 2 is 1.70 bits per heavy atom. The number of aromatic amines is 1. The van der Waals surface area contributed by atoms with Crippen LogP contribution in [-0.2, 0) is 0 Å². The van der Waals surface area contributed by atoms with Crippen molar-refractivity contribution in [2.45, 2.75) is 13.8 Å². The van der Waals surface area contributed by atoms with Gasteiger partial charge in [0.25, 0.3) is 11.8 Å². The number of carbonyl (C=O) groups excluding carboxylic acids is 2. The van der Waals surface area contributed by atoms with E-state index in [0.29, 0.717) is 28.5 Å². The number of carbonyl (C=O) groups is 2. The molecule has 0 aliphatic carbocycles. The van der Waals surface area contributed by atoms with Crippen LogP contribution in [0.5, 0.6) is 0 Å². The first-order chi connectivity index (χ1) is 13.0. The van der Waals surface area contributed by atoms with Gasteiger partial charge in [-0.25, -0.2) is 4.98 Å². The van der Waals surface area contributed by atoms with Crippen molar-refractivity contribution in [3.8, 4) is 0 Å². The Morgan fingerprint density at radius 3 is 2.26 bits per heavy atom. The largest absolute Gasteiger partial charge is 0.373 e. The van der Waals surface area contributed by atoms with Crippen molar-refractivity contribution < 1.29 is 9.59 Å². The molecule has 0 atom stereocenters. The molecule has 0 aliphatic rings. The van der Waals surface area contributed by atoms with Crippen LogP contribution in [0.3, 0.4) is 0 Å². The van der Waals surface area contributed by atoms with E-state index in [0.717, 1.165) is 11.3 Å². The number of aromatic nitrogens is 3. The van der Waals surface area contributed by atoms with E-state index in [-0.39, 0.29) is 11.8 Å². The van der Waals surface area contributed by atoms with Gasteiger partial charge in [-0.05, 0) is 44.2 Å². The molecule has 0 bridgehead atoms. The van der Waals surface area contributed by atoms with Crippen molar-refractivity contribution in [3.63, 3.8) is 0 Å². The maximum Gasteiger partial charge on any atom is 0.276 e. The van der Waals surface area contributed by atoms with Crippen molar-refractivity contribution in [2.24, 2.45) is 0 Å². The summed E-state index contributed by atoms with van der Waals surface area (Å²) in [5, 5.41) is 15.3. The number of rotatable bonds is 5. The standard InChI is InChI=1S/C19H20N6O2/c1-11-12(2)24-25-17(11)19(27)23-15-6-4-5-14(9-15)22-18(26)13-7-8-16(20-3)21-10-13/h4-10H,1-3H3,(H,20,21)(H,22,26)(H,23,27)(H,24,25). The lowest BCUT2D eigenvalue weighted by molar-refractivity contribution is 0.101. The molecule has 0 fully saturated rings. The SMILES string of the molecule is CNc1ccc(C(=O)Nc2cccc(NC(=O)c3n[nH]c(C)c3C)c2)cn1. The van der Waals surface area contributed by atoms with Gasteiger partial charge in [-0.2, -0.15) is 5.10 Å². The third-order valence-electron chi connectivity index (χ3n) is 4.13. The van der Waals surface area contributed by atoms with Gasteiger partial charge in [0.2, 0.25) is 0 Å². The number of nitrogens with one attached hydrogen (secondary N) is 4. The van der Waals surface area contributed by atoms with Gasteiger partial charge in [-0.3, -0.25) is 14.7 Å². The number of hydrogen-bond acceptors (Lipinski definition) is 5. The number of nitrogens with zero attached hydrogens (tertiary/aromatic N) is 2. The number of benzene rings is 1. The summed E-state index contributed by atoms with van der Waals surface area (Å²) in [5.74, 6) is 0.0831. The predicted molar refractivity (Wildman–Crippen MR) is 104 cm³/mol. The summed E-state index contributed by atoms with van der Waals surface area (Å²) in [7, 11) is 1.76. The molecule has 0 aliphatic heterocycles. The molecule has 27 heavy (non-hydrogen) atoms. The highest BCUT2D eigenvalue weighted by atomic mass is 16.2.